The van der Waals surface area contributed by atoms with Gasteiger partial charge in [0.1, 0.15) is 23.7 Å². The van der Waals surface area contributed by atoms with Crippen LogP contribution in [0.15, 0.2) is 55.5 Å². The fraction of sp³-hybridized carbons (Fsp3) is 0.528. The molecule has 0 radical (unpaired) electrons. The lowest BCUT2D eigenvalue weighted by Gasteiger charge is -2.32. The van der Waals surface area contributed by atoms with Crippen molar-refractivity contribution in [3.8, 4) is 11.6 Å². The van der Waals surface area contributed by atoms with Gasteiger partial charge in [0, 0.05) is 23.1 Å². The van der Waals surface area contributed by atoms with Crippen LogP contribution in [0, 0.1) is 17.8 Å². The van der Waals surface area contributed by atoms with Gasteiger partial charge < -0.3 is 30.1 Å². The first-order valence-corrected chi connectivity index (χ1v) is 18.8. The van der Waals surface area contributed by atoms with Gasteiger partial charge in [-0.25, -0.2) is 18.2 Å². The number of carbonyl (C=O) groups is 4. The van der Waals surface area contributed by atoms with E-state index >= 15 is 0 Å². The Bertz CT molecular complexity index is 1880. The van der Waals surface area contributed by atoms with E-state index in [1.165, 1.54) is 17.4 Å². The Hall–Kier alpha value is -4.66. The average Bonchev–Trinajstić information content (AvgIpc) is 3.96. The van der Waals surface area contributed by atoms with Crippen molar-refractivity contribution in [3.05, 3.63) is 55.5 Å². The molecule has 7 atom stereocenters. The summed E-state index contributed by atoms with van der Waals surface area (Å²) >= 11 is 0. The molecule has 15 heteroatoms. The van der Waals surface area contributed by atoms with Crippen molar-refractivity contribution in [2.75, 3.05) is 6.54 Å². The summed E-state index contributed by atoms with van der Waals surface area (Å²) in [4.78, 5) is 60.1. The Morgan fingerprint density at radius 3 is 2.57 bits per heavy atom. The topological polar surface area (TPSA) is 193 Å². The van der Waals surface area contributed by atoms with Gasteiger partial charge in [-0.15, -0.1) is 0 Å². The van der Waals surface area contributed by atoms with E-state index in [2.05, 4.69) is 26.9 Å². The zero-order chi connectivity index (χ0) is 36.7. The minimum atomic E-state index is -4.00. The molecule has 0 bridgehead atoms. The fourth-order valence-electron chi connectivity index (χ4n) is 7.31. The van der Waals surface area contributed by atoms with E-state index < -0.39 is 74.1 Å². The van der Waals surface area contributed by atoms with E-state index in [-0.39, 0.29) is 31.2 Å². The van der Waals surface area contributed by atoms with Crippen LogP contribution < -0.4 is 24.8 Å². The van der Waals surface area contributed by atoms with Crippen LogP contribution in [0.4, 0.5) is 4.79 Å². The van der Waals surface area contributed by atoms with Crippen molar-refractivity contribution < 1.29 is 42.2 Å². The number of benzene rings is 1. The molecular formula is C36H45N5O9S. The molecule has 1 aromatic carbocycles. The van der Waals surface area contributed by atoms with Gasteiger partial charge in [-0.3, -0.25) is 19.1 Å². The molecule has 4 N–H and O–H groups in total. The third-order valence-electron chi connectivity index (χ3n) is 10.7. The highest BCUT2D eigenvalue weighted by Crippen LogP contribution is 2.47. The largest absolute Gasteiger partial charge is 0.472 e. The lowest BCUT2D eigenvalue weighted by molar-refractivity contribution is -0.142. The zero-order valence-electron chi connectivity index (χ0n) is 29.0. The first kappa shape index (κ1) is 36.1. The number of rotatable bonds is 8. The van der Waals surface area contributed by atoms with Crippen molar-refractivity contribution in [2.24, 2.45) is 17.8 Å². The third-order valence-corrected chi connectivity index (χ3v) is 12.9. The molecule has 0 spiro atoms. The average molecular weight is 724 g/mol. The van der Waals surface area contributed by atoms with Crippen LogP contribution in [-0.4, -0.2) is 82.2 Å². The molecule has 4 aliphatic rings. The van der Waals surface area contributed by atoms with Gasteiger partial charge in [-0.2, -0.15) is 0 Å². The highest BCUT2D eigenvalue weighted by Gasteiger charge is 2.63. The molecule has 274 valence electrons. The van der Waals surface area contributed by atoms with Gasteiger partial charge in [0.05, 0.1) is 23.8 Å². The van der Waals surface area contributed by atoms with E-state index in [1.54, 1.807) is 19.9 Å². The van der Waals surface area contributed by atoms with Gasteiger partial charge in [-0.05, 0) is 63.4 Å². The van der Waals surface area contributed by atoms with Gasteiger partial charge in [0.2, 0.25) is 27.7 Å². The summed E-state index contributed by atoms with van der Waals surface area (Å²) in [6, 6.07) is 4.94. The number of hydrogen-bond donors (Lipinski definition) is 4. The first-order chi connectivity index (χ1) is 24.2. The summed E-state index contributed by atoms with van der Waals surface area (Å²) in [6.07, 6.45) is 7.37. The number of aromatic nitrogens is 1. The highest BCUT2D eigenvalue weighted by atomic mass is 32.2. The number of nitrogens with one attached hydrogen (secondary N) is 3. The smallest absolute Gasteiger partial charge is 0.405 e. The maximum Gasteiger partial charge on any atom is 0.405 e. The normalized spacial score (nSPS) is 31.1. The highest BCUT2D eigenvalue weighted by molar-refractivity contribution is 7.91. The van der Waals surface area contributed by atoms with Crippen molar-refractivity contribution in [3.63, 3.8) is 0 Å². The number of nitrogens with zero attached hydrogens (tertiary/aromatic N) is 2. The Morgan fingerprint density at radius 1 is 1.16 bits per heavy atom. The fourth-order valence-corrected chi connectivity index (χ4v) is 8.62. The summed E-state index contributed by atoms with van der Waals surface area (Å²) in [7, 11) is -4.00. The number of carbonyl (C=O) groups excluding carboxylic acids is 3. The first-order valence-electron chi connectivity index (χ1n) is 17.4. The molecule has 2 aliphatic carbocycles. The van der Waals surface area contributed by atoms with Crippen molar-refractivity contribution >= 4 is 44.6 Å². The number of carboxylic acid groups (broad SMARTS) is 1. The van der Waals surface area contributed by atoms with Crippen molar-refractivity contribution in [2.45, 2.75) is 94.2 Å². The monoisotopic (exact) mass is 723 g/mol. The molecule has 2 saturated carbocycles. The predicted octanol–water partition coefficient (Wildman–Crippen LogP) is 3.63. The second-order valence-corrected chi connectivity index (χ2v) is 16.8. The summed E-state index contributed by atoms with van der Waals surface area (Å²) in [5.74, 6) is -2.15. The number of hydrogen-bond acceptors (Lipinski definition) is 9. The van der Waals surface area contributed by atoms with E-state index in [0.29, 0.717) is 42.2 Å². The molecule has 6 rings (SSSR count). The Morgan fingerprint density at radius 2 is 1.88 bits per heavy atom. The van der Waals surface area contributed by atoms with Crippen molar-refractivity contribution in [1.29, 1.82) is 0 Å². The lowest BCUT2D eigenvalue weighted by Crippen LogP contribution is -2.59. The summed E-state index contributed by atoms with van der Waals surface area (Å²) in [5.41, 5.74) is -1.55. The number of pyridine rings is 1. The van der Waals surface area contributed by atoms with Crippen LogP contribution in [0.25, 0.3) is 10.8 Å². The standard InChI is InChI=1S/C36H45N5O9S/c1-5-49-28-19-37-31(26-13-9-8-12-25(26)28)50-24-17-27-30(42)39-36(33(44)40-51(47,48)35(4)14-15-35)18-23(36)11-7-6-10-21(2)16-22(3)29(38-34(45)46)32(43)41(27)20-24/h5,7-9,11-13,19,21-24,27,29,38H,1,6,10,14-18,20H2,2-4H3,(H,39,42)(H,40,44)(H,45,46)/b11-7-/t21-,22-,23-,24-,27+,29+,36-/m1/s1. The van der Waals surface area contributed by atoms with E-state index in [0.717, 1.165) is 6.42 Å². The van der Waals surface area contributed by atoms with E-state index in [4.69, 9.17) is 9.47 Å². The lowest BCUT2D eigenvalue weighted by atomic mass is 9.88. The van der Waals surface area contributed by atoms with Crippen LogP contribution in [0.5, 0.6) is 11.6 Å². The van der Waals surface area contributed by atoms with Gasteiger partial charge in [0.25, 0.3) is 5.91 Å². The Labute approximate surface area is 297 Å². The van der Waals surface area contributed by atoms with Gasteiger partial charge >= 0.3 is 6.09 Å². The molecule has 2 aromatic rings. The van der Waals surface area contributed by atoms with Crippen LogP contribution in [-0.2, 0) is 24.4 Å². The molecule has 1 saturated heterocycles. The Balaban J connectivity index is 1.34. The van der Waals surface area contributed by atoms with Crippen molar-refractivity contribution in [1.82, 2.24) is 25.2 Å². The molecule has 3 fully saturated rings. The SMILES string of the molecule is C=COc1cnc(O[C@@H]2C[C@H]3C(=O)N[C@]4(C(=O)NS(=O)(=O)C5(C)CC5)C[C@H]4/C=C\CC[C@@H](C)C[C@@H](C)[C@H](NC(=O)O)C(=O)N3C2)c2ccccc12. The number of allylic oxidation sites excluding steroid dienone is 1. The summed E-state index contributed by atoms with van der Waals surface area (Å²) < 4.78 is 39.2. The molecule has 3 heterocycles. The molecule has 51 heavy (non-hydrogen) atoms. The van der Waals surface area contributed by atoms with Crippen LogP contribution in [0.2, 0.25) is 0 Å². The molecule has 0 unspecified atom stereocenters. The van der Waals surface area contributed by atoms with E-state index in [9.17, 15) is 32.7 Å². The quantitative estimate of drug-likeness (QED) is 0.231. The maximum absolute atomic E-state index is 14.4. The third kappa shape index (κ3) is 7.26. The number of ether oxygens (including phenoxy) is 2. The van der Waals surface area contributed by atoms with E-state index in [1.807, 2.05) is 37.3 Å². The predicted molar refractivity (Wildman–Crippen MR) is 187 cm³/mol. The number of fused-ring (bicyclic) bond motifs is 3. The Kier molecular flexibility index (Phi) is 9.79. The van der Waals surface area contributed by atoms with Gasteiger partial charge in [-0.1, -0.05) is 50.8 Å². The second-order valence-electron chi connectivity index (χ2n) is 14.6. The van der Waals surface area contributed by atoms with Crippen LogP contribution in [0.3, 0.4) is 0 Å². The summed E-state index contributed by atoms with van der Waals surface area (Å²) in [5, 5.41) is 16.3. The zero-order valence-corrected chi connectivity index (χ0v) is 29.8. The molecule has 1 aromatic heterocycles. The number of sulfonamides is 1. The molecular weight excluding hydrogens is 678 g/mol. The molecule has 14 nitrogen and oxygen atoms in total. The molecule has 4 amide bonds. The summed E-state index contributed by atoms with van der Waals surface area (Å²) in [6.45, 7) is 8.94. The second kappa shape index (κ2) is 13.8. The molecule has 2 aliphatic heterocycles. The maximum atomic E-state index is 14.4. The minimum Gasteiger partial charge on any atom is -0.472 e. The van der Waals surface area contributed by atoms with Gasteiger partial charge in [0.15, 0.2) is 5.75 Å². The minimum absolute atomic E-state index is 0.00234. The van der Waals surface area contributed by atoms with Crippen LogP contribution in [0.1, 0.15) is 65.7 Å². The van der Waals surface area contributed by atoms with Crippen LogP contribution >= 0.6 is 0 Å². The number of amides is 4.